The first-order valence-electron chi connectivity index (χ1n) is 13.3. The molecule has 0 amide bonds. The van der Waals surface area contributed by atoms with Crippen LogP contribution in [0.15, 0.2) is 18.2 Å². The lowest BCUT2D eigenvalue weighted by molar-refractivity contribution is -0.328. The van der Waals surface area contributed by atoms with Gasteiger partial charge in [0, 0.05) is 19.2 Å². The number of hydrogen-bond donors (Lipinski definition) is 0. The number of carbonyl (C=O) groups is 2. The smallest absolute Gasteiger partial charge is 0.422 e. The van der Waals surface area contributed by atoms with Crippen molar-refractivity contribution in [2.45, 2.75) is 83.1 Å². The molecule has 2 unspecified atom stereocenters. The first-order chi connectivity index (χ1) is 17.4. The van der Waals surface area contributed by atoms with Crippen molar-refractivity contribution in [2.24, 2.45) is 11.8 Å². The van der Waals surface area contributed by atoms with E-state index in [-0.39, 0.29) is 5.92 Å². The molecule has 3 aliphatic rings. The highest BCUT2D eigenvalue weighted by Gasteiger charge is 2.62. The third kappa shape index (κ3) is 6.47. The maximum Gasteiger partial charge on any atom is 0.422 e. The zero-order chi connectivity index (χ0) is 25.5. The van der Waals surface area contributed by atoms with Gasteiger partial charge < -0.3 is 18.9 Å². The summed E-state index contributed by atoms with van der Waals surface area (Å²) in [6.07, 6.45) is 9.86. The summed E-state index contributed by atoms with van der Waals surface area (Å²) in [4.78, 5) is 26.6. The van der Waals surface area contributed by atoms with Gasteiger partial charge >= 0.3 is 17.8 Å². The average Bonchev–Trinajstić information content (AvgIpc) is 3.17. The lowest BCUT2D eigenvalue weighted by Gasteiger charge is -2.48. The SMILES string of the molecule is CCCCCN1CCC(CCOc2ccc(Cl)c(Cl)c2)C(OCC2CCCCC2)C12OC(=O)C(=O)O2. The molecule has 2 aliphatic heterocycles. The Bertz CT molecular complexity index is 890. The number of esters is 2. The van der Waals surface area contributed by atoms with Crippen LogP contribution in [0.1, 0.15) is 71.1 Å². The molecule has 2 heterocycles. The predicted octanol–water partition coefficient (Wildman–Crippen LogP) is 5.99. The second-order valence-electron chi connectivity index (χ2n) is 10.1. The molecule has 200 valence electrons. The van der Waals surface area contributed by atoms with E-state index >= 15 is 0 Å². The zero-order valence-electron chi connectivity index (χ0n) is 21.0. The minimum absolute atomic E-state index is 0.0162. The van der Waals surface area contributed by atoms with E-state index in [1.54, 1.807) is 18.2 Å². The Balaban J connectivity index is 1.50. The van der Waals surface area contributed by atoms with Gasteiger partial charge in [0.15, 0.2) is 6.10 Å². The third-order valence-electron chi connectivity index (χ3n) is 7.56. The normalized spacial score (nSPS) is 24.6. The molecular weight excluding hydrogens is 505 g/mol. The van der Waals surface area contributed by atoms with Crippen LogP contribution in [-0.2, 0) is 23.8 Å². The second-order valence-corrected chi connectivity index (χ2v) is 10.9. The molecule has 2 atom stereocenters. The molecule has 2 saturated heterocycles. The van der Waals surface area contributed by atoms with Crippen molar-refractivity contribution in [3.8, 4) is 5.75 Å². The van der Waals surface area contributed by atoms with Gasteiger partial charge in [-0.1, -0.05) is 62.2 Å². The lowest BCUT2D eigenvalue weighted by atomic mass is 9.86. The molecule has 1 aromatic rings. The Morgan fingerprint density at radius 1 is 1.03 bits per heavy atom. The van der Waals surface area contributed by atoms with Crippen LogP contribution >= 0.6 is 23.2 Å². The maximum absolute atomic E-state index is 12.3. The van der Waals surface area contributed by atoms with Crippen LogP contribution in [0.5, 0.6) is 5.75 Å². The van der Waals surface area contributed by atoms with Crippen LogP contribution in [0.3, 0.4) is 0 Å². The van der Waals surface area contributed by atoms with Crippen molar-refractivity contribution in [1.82, 2.24) is 4.90 Å². The van der Waals surface area contributed by atoms with E-state index in [1.165, 1.54) is 19.3 Å². The van der Waals surface area contributed by atoms with Crippen molar-refractivity contribution < 1.29 is 28.5 Å². The maximum atomic E-state index is 12.3. The average molecular weight is 543 g/mol. The third-order valence-corrected chi connectivity index (χ3v) is 8.30. The van der Waals surface area contributed by atoms with Crippen LogP contribution in [0, 0.1) is 11.8 Å². The molecule has 0 bridgehead atoms. The second kappa shape index (κ2) is 12.8. The lowest BCUT2D eigenvalue weighted by Crippen LogP contribution is -2.65. The van der Waals surface area contributed by atoms with Gasteiger partial charge in [-0.15, -0.1) is 0 Å². The molecule has 1 spiro atoms. The van der Waals surface area contributed by atoms with Crippen LogP contribution in [-0.4, -0.2) is 55.2 Å². The largest absolute Gasteiger partial charge is 0.494 e. The van der Waals surface area contributed by atoms with Crippen molar-refractivity contribution >= 4 is 35.1 Å². The first-order valence-corrected chi connectivity index (χ1v) is 14.1. The van der Waals surface area contributed by atoms with E-state index in [4.69, 9.17) is 42.1 Å². The fourth-order valence-corrected chi connectivity index (χ4v) is 5.86. The number of halogens is 2. The summed E-state index contributed by atoms with van der Waals surface area (Å²) >= 11 is 12.1. The molecule has 0 aromatic heterocycles. The quantitative estimate of drug-likeness (QED) is 0.193. The number of ether oxygens (including phenoxy) is 4. The fourth-order valence-electron chi connectivity index (χ4n) is 5.57. The van der Waals surface area contributed by atoms with Crippen LogP contribution in [0.2, 0.25) is 10.0 Å². The van der Waals surface area contributed by atoms with E-state index in [0.29, 0.717) is 54.4 Å². The van der Waals surface area contributed by atoms with Crippen LogP contribution < -0.4 is 4.74 Å². The molecule has 1 aromatic carbocycles. The minimum Gasteiger partial charge on any atom is -0.494 e. The van der Waals surface area contributed by atoms with Gasteiger partial charge in [0.2, 0.25) is 0 Å². The summed E-state index contributed by atoms with van der Waals surface area (Å²) in [5, 5.41) is 0.912. The number of hydrogen-bond acceptors (Lipinski definition) is 7. The molecule has 7 nitrogen and oxygen atoms in total. The number of rotatable bonds is 11. The zero-order valence-corrected chi connectivity index (χ0v) is 22.5. The van der Waals surface area contributed by atoms with E-state index in [1.807, 2.05) is 4.90 Å². The van der Waals surface area contributed by atoms with Crippen molar-refractivity contribution in [2.75, 3.05) is 26.3 Å². The van der Waals surface area contributed by atoms with Crippen molar-refractivity contribution in [3.63, 3.8) is 0 Å². The number of likely N-dealkylation sites (tertiary alicyclic amines) is 1. The highest BCUT2D eigenvalue weighted by atomic mass is 35.5. The van der Waals surface area contributed by atoms with E-state index in [9.17, 15) is 9.59 Å². The van der Waals surface area contributed by atoms with E-state index < -0.39 is 24.0 Å². The topological polar surface area (TPSA) is 74.3 Å². The Kier molecular flexibility index (Phi) is 9.78. The summed E-state index contributed by atoms with van der Waals surface area (Å²) in [5.74, 6) is -2.33. The summed E-state index contributed by atoms with van der Waals surface area (Å²) < 4.78 is 24.0. The molecule has 4 rings (SSSR count). The van der Waals surface area contributed by atoms with Crippen LogP contribution in [0.25, 0.3) is 0 Å². The molecule has 0 N–H and O–H groups in total. The van der Waals surface area contributed by atoms with Crippen LogP contribution in [0.4, 0.5) is 0 Å². The Morgan fingerprint density at radius 3 is 2.47 bits per heavy atom. The number of carbonyl (C=O) groups excluding carboxylic acids is 2. The number of unbranched alkanes of at least 4 members (excludes halogenated alkanes) is 2. The van der Waals surface area contributed by atoms with E-state index in [2.05, 4.69) is 6.92 Å². The predicted molar refractivity (Wildman–Crippen MR) is 137 cm³/mol. The minimum atomic E-state index is -1.51. The highest BCUT2D eigenvalue weighted by Crippen LogP contribution is 2.42. The molecular formula is C27H37Cl2NO6. The first kappa shape index (κ1) is 27.5. The summed E-state index contributed by atoms with van der Waals surface area (Å²) in [5.41, 5.74) is 0. The molecule has 9 heteroatoms. The van der Waals surface area contributed by atoms with Gasteiger partial charge in [-0.3, -0.25) is 0 Å². The monoisotopic (exact) mass is 541 g/mol. The van der Waals surface area contributed by atoms with Gasteiger partial charge in [0.25, 0.3) is 0 Å². The highest BCUT2D eigenvalue weighted by molar-refractivity contribution is 6.42. The number of nitrogens with zero attached hydrogens (tertiary/aromatic N) is 1. The number of benzene rings is 1. The van der Waals surface area contributed by atoms with Crippen molar-refractivity contribution in [1.29, 1.82) is 0 Å². The van der Waals surface area contributed by atoms with Gasteiger partial charge in [-0.05, 0) is 56.1 Å². The number of piperidine rings is 1. The van der Waals surface area contributed by atoms with Gasteiger partial charge in [0.1, 0.15) is 5.75 Å². The van der Waals surface area contributed by atoms with Crippen molar-refractivity contribution in [3.05, 3.63) is 28.2 Å². The Morgan fingerprint density at radius 2 is 1.78 bits per heavy atom. The molecule has 0 radical (unpaired) electrons. The standard InChI is InChI=1S/C27H37Cl2NO6/c1-2-3-7-14-30-15-12-20(13-16-33-21-10-11-22(28)23(29)17-21)24(27(30)35-25(31)26(32)36-27)34-18-19-8-5-4-6-9-19/h10-11,17,19-20,24H,2-9,12-16,18H2,1H3. The molecule has 3 fully saturated rings. The Hall–Kier alpha value is -1.54. The molecule has 1 saturated carbocycles. The summed E-state index contributed by atoms with van der Waals surface area (Å²) in [7, 11) is 0. The fraction of sp³-hybridized carbons (Fsp3) is 0.704. The van der Waals surface area contributed by atoms with Gasteiger partial charge in [-0.2, -0.15) is 0 Å². The van der Waals surface area contributed by atoms with E-state index in [0.717, 1.165) is 38.5 Å². The molecule has 36 heavy (non-hydrogen) atoms. The molecule has 1 aliphatic carbocycles. The summed E-state index contributed by atoms with van der Waals surface area (Å²) in [6.45, 7) is 4.44. The van der Waals surface area contributed by atoms with Gasteiger partial charge in [-0.25, -0.2) is 14.5 Å². The Labute approximate surface area is 223 Å². The van der Waals surface area contributed by atoms with Gasteiger partial charge in [0.05, 0.1) is 23.3 Å². The summed E-state index contributed by atoms with van der Waals surface area (Å²) in [6, 6.07) is 5.18.